The molecule has 0 unspecified atom stereocenters. The Labute approximate surface area is 162 Å². The number of benzene rings is 2. The number of rotatable bonds is 3. The molecular weight excluding hydrogens is 340 g/mol. The maximum atomic E-state index is 10.8. The van der Waals surface area contributed by atoms with Crippen LogP contribution in [-0.2, 0) is 10.8 Å². The summed E-state index contributed by atoms with van der Waals surface area (Å²) in [5.74, 6) is 0.792. The van der Waals surface area contributed by atoms with Crippen LogP contribution in [0.3, 0.4) is 0 Å². The summed E-state index contributed by atoms with van der Waals surface area (Å²) < 4.78 is 5.26. The quantitative estimate of drug-likeness (QED) is 0.744. The Morgan fingerprint density at radius 3 is 1.63 bits per heavy atom. The third kappa shape index (κ3) is 5.68. The minimum absolute atomic E-state index is 0.00956. The maximum absolute atomic E-state index is 10.8. The van der Waals surface area contributed by atoms with Gasteiger partial charge in [-0.25, -0.2) is 0 Å². The van der Waals surface area contributed by atoms with Crippen molar-refractivity contribution in [1.29, 1.82) is 0 Å². The molecule has 0 spiro atoms. The normalized spacial score (nSPS) is 11.2. The number of phenols is 1. The summed E-state index contributed by atoms with van der Waals surface area (Å²) in [5, 5.41) is 9.69. The third-order valence-electron chi connectivity index (χ3n) is 4.19. The molecule has 4 heteroatoms. The van der Waals surface area contributed by atoms with Crippen molar-refractivity contribution in [2.24, 2.45) is 0 Å². The molecule has 2 aromatic rings. The minimum atomic E-state index is -0.136. The van der Waals surface area contributed by atoms with Crippen LogP contribution in [0.5, 0.6) is 11.5 Å². The van der Waals surface area contributed by atoms with Gasteiger partial charge in [0, 0.05) is 5.56 Å². The van der Waals surface area contributed by atoms with Gasteiger partial charge in [0.05, 0.1) is 18.2 Å². The van der Waals surface area contributed by atoms with Crippen LogP contribution in [0.15, 0.2) is 36.4 Å². The van der Waals surface area contributed by atoms with Gasteiger partial charge in [-0.15, -0.1) is 0 Å². The fourth-order valence-electron chi connectivity index (χ4n) is 2.73. The number of aldehydes is 2. The van der Waals surface area contributed by atoms with Crippen LogP contribution < -0.4 is 4.74 Å². The second-order valence-corrected chi connectivity index (χ2v) is 8.41. The zero-order chi connectivity index (χ0) is 20.8. The summed E-state index contributed by atoms with van der Waals surface area (Å²) in [7, 11) is 1.59. The highest BCUT2D eigenvalue weighted by Gasteiger charge is 2.20. The Kier molecular flexibility index (Phi) is 7.35. The molecule has 4 nitrogen and oxygen atoms in total. The van der Waals surface area contributed by atoms with Crippen molar-refractivity contribution in [2.75, 3.05) is 7.11 Å². The van der Waals surface area contributed by atoms with Crippen LogP contribution in [0.4, 0.5) is 0 Å². The van der Waals surface area contributed by atoms with Crippen molar-refractivity contribution in [2.45, 2.75) is 52.4 Å². The van der Waals surface area contributed by atoms with Crippen molar-refractivity contribution >= 4 is 12.6 Å². The van der Waals surface area contributed by atoms with Crippen LogP contribution in [0.2, 0.25) is 0 Å². The van der Waals surface area contributed by atoms with E-state index in [1.165, 1.54) is 0 Å². The predicted octanol–water partition coefficient (Wildman–Crippen LogP) is 5.31. The monoisotopic (exact) mass is 370 g/mol. The highest BCUT2D eigenvalue weighted by Crippen LogP contribution is 2.33. The lowest BCUT2D eigenvalue weighted by Crippen LogP contribution is -2.13. The Balaban J connectivity index is 0.000000271. The second kappa shape index (κ2) is 8.85. The highest BCUT2D eigenvalue weighted by molar-refractivity contribution is 5.81. The Morgan fingerprint density at radius 2 is 1.22 bits per heavy atom. The first-order valence-corrected chi connectivity index (χ1v) is 8.87. The Hall–Kier alpha value is -2.62. The summed E-state index contributed by atoms with van der Waals surface area (Å²) >= 11 is 0. The Bertz CT molecular complexity index is 793. The smallest absolute Gasteiger partial charge is 0.153 e. The maximum Gasteiger partial charge on any atom is 0.153 e. The molecule has 0 aliphatic rings. The largest absolute Gasteiger partial charge is 0.507 e. The SMILES string of the molecule is CC(C)(C)c1cccc(C=O)c1O.COc1c(C=O)cccc1C(C)(C)C. The van der Waals surface area contributed by atoms with Crippen LogP contribution in [0.1, 0.15) is 73.4 Å². The number of para-hydroxylation sites is 2. The average Bonchev–Trinajstić information content (AvgIpc) is 2.59. The molecule has 0 saturated carbocycles. The molecule has 0 aliphatic heterocycles. The van der Waals surface area contributed by atoms with Crippen molar-refractivity contribution in [1.82, 2.24) is 0 Å². The van der Waals surface area contributed by atoms with E-state index in [0.29, 0.717) is 23.2 Å². The van der Waals surface area contributed by atoms with Crippen molar-refractivity contribution in [3.63, 3.8) is 0 Å². The molecule has 0 aromatic heterocycles. The van der Waals surface area contributed by atoms with E-state index in [1.54, 1.807) is 25.3 Å². The molecule has 0 atom stereocenters. The van der Waals surface area contributed by atoms with E-state index in [9.17, 15) is 14.7 Å². The fraction of sp³-hybridized carbons (Fsp3) is 0.391. The topological polar surface area (TPSA) is 63.6 Å². The fourth-order valence-corrected chi connectivity index (χ4v) is 2.73. The van der Waals surface area contributed by atoms with Gasteiger partial charge in [0.25, 0.3) is 0 Å². The summed E-state index contributed by atoms with van der Waals surface area (Å²) in [6, 6.07) is 10.9. The zero-order valence-corrected chi connectivity index (χ0v) is 17.3. The third-order valence-corrected chi connectivity index (χ3v) is 4.19. The van der Waals surface area contributed by atoms with Gasteiger partial charge in [0.2, 0.25) is 0 Å². The molecular formula is C23H30O4. The van der Waals surface area contributed by atoms with Crippen molar-refractivity contribution < 1.29 is 19.4 Å². The van der Waals surface area contributed by atoms with E-state index < -0.39 is 0 Å². The van der Waals surface area contributed by atoms with Gasteiger partial charge in [-0.2, -0.15) is 0 Å². The predicted molar refractivity (Wildman–Crippen MR) is 109 cm³/mol. The lowest BCUT2D eigenvalue weighted by atomic mass is 9.85. The van der Waals surface area contributed by atoms with Gasteiger partial charge in [-0.05, 0) is 28.5 Å². The van der Waals surface area contributed by atoms with Crippen LogP contribution in [0, 0.1) is 0 Å². The molecule has 146 valence electrons. The molecule has 0 radical (unpaired) electrons. The zero-order valence-electron chi connectivity index (χ0n) is 17.3. The van der Waals surface area contributed by atoms with Gasteiger partial charge < -0.3 is 9.84 Å². The average molecular weight is 370 g/mol. The number of methoxy groups -OCH3 is 1. The molecule has 0 heterocycles. The highest BCUT2D eigenvalue weighted by atomic mass is 16.5. The molecule has 27 heavy (non-hydrogen) atoms. The molecule has 0 amide bonds. The van der Waals surface area contributed by atoms with Gasteiger partial charge >= 0.3 is 0 Å². The van der Waals surface area contributed by atoms with E-state index in [0.717, 1.165) is 17.4 Å². The van der Waals surface area contributed by atoms with E-state index >= 15 is 0 Å². The first-order valence-electron chi connectivity index (χ1n) is 8.87. The van der Waals surface area contributed by atoms with Gasteiger partial charge in [-0.1, -0.05) is 65.8 Å². The summed E-state index contributed by atoms with van der Waals surface area (Å²) in [6.07, 6.45) is 1.50. The van der Waals surface area contributed by atoms with Gasteiger partial charge in [0.1, 0.15) is 11.5 Å². The number of phenolic OH excluding ortho intramolecular Hbond substituents is 1. The van der Waals surface area contributed by atoms with Crippen molar-refractivity contribution in [3.05, 3.63) is 58.7 Å². The lowest BCUT2D eigenvalue weighted by Gasteiger charge is -2.22. The molecule has 1 N–H and O–H groups in total. The summed E-state index contributed by atoms with van der Waals surface area (Å²) in [4.78, 5) is 21.3. The number of hydrogen-bond donors (Lipinski definition) is 1. The van der Waals surface area contributed by atoms with E-state index in [-0.39, 0.29) is 16.6 Å². The Morgan fingerprint density at radius 1 is 0.778 bits per heavy atom. The van der Waals surface area contributed by atoms with E-state index in [2.05, 4.69) is 20.8 Å². The molecule has 0 fully saturated rings. The summed E-state index contributed by atoms with van der Waals surface area (Å²) in [5.41, 5.74) is 2.68. The first-order chi connectivity index (χ1) is 12.5. The van der Waals surface area contributed by atoms with E-state index in [4.69, 9.17) is 4.74 Å². The minimum Gasteiger partial charge on any atom is -0.507 e. The molecule has 2 rings (SSSR count). The van der Waals surface area contributed by atoms with Crippen LogP contribution in [0.25, 0.3) is 0 Å². The number of carbonyl (C=O) groups is 2. The van der Waals surface area contributed by atoms with E-state index in [1.807, 2.05) is 39.0 Å². The molecule has 2 aromatic carbocycles. The van der Waals surface area contributed by atoms with Gasteiger partial charge in [0.15, 0.2) is 12.6 Å². The second-order valence-electron chi connectivity index (χ2n) is 8.41. The van der Waals surface area contributed by atoms with Gasteiger partial charge in [-0.3, -0.25) is 9.59 Å². The first kappa shape index (κ1) is 22.4. The molecule has 0 bridgehead atoms. The number of carbonyl (C=O) groups excluding carboxylic acids is 2. The number of aromatic hydroxyl groups is 1. The van der Waals surface area contributed by atoms with Crippen LogP contribution >= 0.6 is 0 Å². The van der Waals surface area contributed by atoms with Crippen LogP contribution in [-0.4, -0.2) is 24.8 Å². The summed E-state index contributed by atoms with van der Waals surface area (Å²) in [6.45, 7) is 12.3. The number of ether oxygens (including phenoxy) is 1. The lowest BCUT2D eigenvalue weighted by molar-refractivity contribution is 0.111. The molecule has 0 saturated heterocycles. The molecule has 0 aliphatic carbocycles. The van der Waals surface area contributed by atoms with Crippen molar-refractivity contribution in [3.8, 4) is 11.5 Å². The number of hydrogen-bond acceptors (Lipinski definition) is 4. The standard InChI is InChI=1S/C12H16O2.C11H14O2/c1-12(2,3)10-7-5-6-9(8-13)11(10)14-4;1-11(2,3)9-6-4-5-8(7-12)10(9)13/h5-8H,1-4H3;4-7,13H,1-3H3.